The van der Waals surface area contributed by atoms with Crippen molar-refractivity contribution >= 4 is 32.2 Å². The lowest BCUT2D eigenvalue weighted by Gasteiger charge is -2.29. The van der Waals surface area contributed by atoms with E-state index in [1.807, 2.05) is 26.0 Å². The number of nitrogens with two attached hydrogens (primary N) is 1. The lowest BCUT2D eigenvalue weighted by molar-refractivity contribution is 0.250. The molecule has 4 rings (SSSR count). The van der Waals surface area contributed by atoms with E-state index < -0.39 is 16.0 Å². The van der Waals surface area contributed by atoms with E-state index >= 15 is 0 Å². The average molecular weight is 390 g/mol. The van der Waals surface area contributed by atoms with E-state index in [0.717, 1.165) is 27.5 Å². The van der Waals surface area contributed by atoms with Gasteiger partial charge in [0.2, 0.25) is 0 Å². The van der Waals surface area contributed by atoms with Crippen molar-refractivity contribution in [3.63, 3.8) is 0 Å². The molecule has 9 heteroatoms. The maximum absolute atomic E-state index is 12.5. The van der Waals surface area contributed by atoms with Crippen LogP contribution in [-0.2, 0) is 16.8 Å². The Kier molecular flexibility index (Phi) is 4.32. The van der Waals surface area contributed by atoms with Crippen LogP contribution in [0.3, 0.4) is 0 Å². The molecule has 1 aliphatic heterocycles. The lowest BCUT2D eigenvalue weighted by atomic mass is 9.98. The standard InChI is InChI=1S/C18H22N4O4S/c1-11-7-14-15(8-12(11)2)20-9-16-17(14)22(18(23)26-16)10-13-3-5-21(6-4-13)27(19,24)25/h7-9,13H,3-6,10H2,1-2H3,(H2,19,24,25). The molecule has 8 nitrogen and oxygen atoms in total. The molecule has 0 atom stereocenters. The number of pyridine rings is 1. The Hall–Kier alpha value is -2.23. The van der Waals surface area contributed by atoms with Crippen molar-refractivity contribution in [2.24, 2.45) is 11.1 Å². The summed E-state index contributed by atoms with van der Waals surface area (Å²) in [7, 11) is -3.65. The SMILES string of the molecule is Cc1cc2ncc3oc(=O)n(CC4CCN(S(N)(=O)=O)CC4)c3c2cc1C. The number of aryl methyl sites for hydroxylation is 2. The number of rotatable bonds is 3. The summed E-state index contributed by atoms with van der Waals surface area (Å²) in [5, 5.41) is 6.09. The summed E-state index contributed by atoms with van der Waals surface area (Å²) in [6.07, 6.45) is 2.89. The molecule has 3 aromatic rings. The van der Waals surface area contributed by atoms with Crippen LogP contribution in [0, 0.1) is 19.8 Å². The van der Waals surface area contributed by atoms with Gasteiger partial charge in [0.05, 0.1) is 11.7 Å². The van der Waals surface area contributed by atoms with E-state index in [4.69, 9.17) is 9.56 Å². The maximum atomic E-state index is 12.5. The van der Waals surface area contributed by atoms with Crippen LogP contribution in [0.1, 0.15) is 24.0 Å². The Bertz CT molecular complexity index is 1190. The van der Waals surface area contributed by atoms with Gasteiger partial charge in [-0.15, -0.1) is 0 Å². The average Bonchev–Trinajstić information content (AvgIpc) is 2.92. The van der Waals surface area contributed by atoms with Crippen molar-refractivity contribution in [3.05, 3.63) is 40.0 Å². The molecule has 0 unspecified atom stereocenters. The van der Waals surface area contributed by atoms with Gasteiger partial charge in [-0.3, -0.25) is 9.55 Å². The highest BCUT2D eigenvalue weighted by molar-refractivity contribution is 7.86. The molecule has 1 fully saturated rings. The number of piperidine rings is 1. The Morgan fingerprint density at radius 2 is 1.89 bits per heavy atom. The van der Waals surface area contributed by atoms with Crippen LogP contribution in [-0.4, -0.2) is 35.4 Å². The molecule has 0 amide bonds. The normalized spacial score (nSPS) is 17.1. The van der Waals surface area contributed by atoms with Crippen molar-refractivity contribution < 1.29 is 12.8 Å². The smallest absolute Gasteiger partial charge is 0.406 e. The monoisotopic (exact) mass is 390 g/mol. The zero-order chi connectivity index (χ0) is 19.3. The maximum Gasteiger partial charge on any atom is 0.420 e. The van der Waals surface area contributed by atoms with Crippen LogP contribution >= 0.6 is 0 Å². The van der Waals surface area contributed by atoms with Gasteiger partial charge in [-0.1, -0.05) is 0 Å². The molecule has 0 radical (unpaired) electrons. The van der Waals surface area contributed by atoms with Gasteiger partial charge in [0.1, 0.15) is 5.52 Å². The topological polar surface area (TPSA) is 111 Å². The van der Waals surface area contributed by atoms with Crippen molar-refractivity contribution in [1.29, 1.82) is 0 Å². The number of fused-ring (bicyclic) bond motifs is 3. The molecule has 27 heavy (non-hydrogen) atoms. The van der Waals surface area contributed by atoms with Crippen LogP contribution in [0.15, 0.2) is 27.5 Å². The molecule has 0 spiro atoms. The summed E-state index contributed by atoms with van der Waals surface area (Å²) in [5.74, 6) is -0.234. The molecule has 0 bridgehead atoms. The summed E-state index contributed by atoms with van der Waals surface area (Å²) in [4.78, 5) is 16.9. The predicted molar refractivity (Wildman–Crippen MR) is 103 cm³/mol. The van der Waals surface area contributed by atoms with Crippen LogP contribution in [0.2, 0.25) is 0 Å². The second-order valence-electron chi connectivity index (χ2n) is 7.29. The Morgan fingerprint density at radius 3 is 2.56 bits per heavy atom. The second kappa shape index (κ2) is 6.43. The van der Waals surface area contributed by atoms with Crippen molar-refractivity contribution in [2.75, 3.05) is 13.1 Å². The number of benzene rings is 1. The first kappa shape index (κ1) is 18.1. The Balaban J connectivity index is 1.72. The van der Waals surface area contributed by atoms with E-state index in [9.17, 15) is 13.2 Å². The van der Waals surface area contributed by atoms with Gasteiger partial charge in [-0.2, -0.15) is 12.7 Å². The minimum absolute atomic E-state index is 0.177. The van der Waals surface area contributed by atoms with Crippen LogP contribution in [0.25, 0.3) is 22.0 Å². The predicted octanol–water partition coefficient (Wildman–Crippen LogP) is 1.68. The van der Waals surface area contributed by atoms with Gasteiger partial charge in [0.25, 0.3) is 10.2 Å². The van der Waals surface area contributed by atoms with Crippen molar-refractivity contribution in [3.8, 4) is 0 Å². The zero-order valence-corrected chi connectivity index (χ0v) is 16.1. The molecule has 1 aromatic carbocycles. The van der Waals surface area contributed by atoms with E-state index in [1.54, 1.807) is 10.8 Å². The summed E-state index contributed by atoms with van der Waals surface area (Å²) >= 11 is 0. The molecular formula is C18H22N4O4S. The molecule has 2 aromatic heterocycles. The largest absolute Gasteiger partial charge is 0.420 e. The summed E-state index contributed by atoms with van der Waals surface area (Å²) in [6.45, 7) is 5.28. The highest BCUT2D eigenvalue weighted by Crippen LogP contribution is 2.28. The van der Waals surface area contributed by atoms with Gasteiger partial charge in [-0.05, 0) is 55.9 Å². The number of oxazole rings is 1. The van der Waals surface area contributed by atoms with Gasteiger partial charge < -0.3 is 4.42 Å². The first-order valence-electron chi connectivity index (χ1n) is 8.91. The van der Waals surface area contributed by atoms with E-state index in [0.29, 0.717) is 38.1 Å². The number of nitrogens with zero attached hydrogens (tertiary/aromatic N) is 3. The molecule has 2 N–H and O–H groups in total. The van der Waals surface area contributed by atoms with Gasteiger partial charge in [0, 0.05) is 25.0 Å². The quantitative estimate of drug-likeness (QED) is 0.731. The molecular weight excluding hydrogens is 368 g/mol. The second-order valence-corrected chi connectivity index (χ2v) is 8.84. The number of hydrogen-bond acceptors (Lipinski definition) is 5. The van der Waals surface area contributed by atoms with Gasteiger partial charge in [0.15, 0.2) is 5.58 Å². The summed E-state index contributed by atoms with van der Waals surface area (Å²) in [6, 6.07) is 4.05. The highest BCUT2D eigenvalue weighted by atomic mass is 32.2. The fraction of sp³-hybridized carbons (Fsp3) is 0.444. The van der Waals surface area contributed by atoms with Crippen molar-refractivity contribution in [2.45, 2.75) is 33.2 Å². The fourth-order valence-corrected chi connectivity index (χ4v) is 4.50. The van der Waals surface area contributed by atoms with E-state index in [2.05, 4.69) is 4.98 Å². The van der Waals surface area contributed by atoms with Gasteiger partial charge in [-0.25, -0.2) is 9.93 Å². The number of hydrogen-bond donors (Lipinski definition) is 1. The molecule has 1 aliphatic rings. The highest BCUT2D eigenvalue weighted by Gasteiger charge is 2.27. The minimum Gasteiger partial charge on any atom is -0.406 e. The first-order valence-corrected chi connectivity index (χ1v) is 10.4. The molecule has 0 aliphatic carbocycles. The molecule has 3 heterocycles. The third kappa shape index (κ3) is 3.26. The summed E-state index contributed by atoms with van der Waals surface area (Å²) in [5.41, 5.74) is 4.31. The van der Waals surface area contributed by atoms with Crippen LogP contribution < -0.4 is 10.9 Å². The zero-order valence-electron chi connectivity index (χ0n) is 15.3. The number of aromatic nitrogens is 2. The first-order chi connectivity index (χ1) is 12.7. The van der Waals surface area contributed by atoms with Gasteiger partial charge >= 0.3 is 5.76 Å². The van der Waals surface area contributed by atoms with Crippen LogP contribution in [0.5, 0.6) is 0 Å². The van der Waals surface area contributed by atoms with Crippen LogP contribution in [0.4, 0.5) is 0 Å². The third-order valence-electron chi connectivity index (χ3n) is 5.48. The molecule has 144 valence electrons. The molecule has 1 saturated heterocycles. The minimum atomic E-state index is -3.65. The Labute approximate surface area is 156 Å². The van der Waals surface area contributed by atoms with Crippen molar-refractivity contribution in [1.82, 2.24) is 13.9 Å². The van der Waals surface area contributed by atoms with E-state index in [-0.39, 0.29) is 5.92 Å². The summed E-state index contributed by atoms with van der Waals surface area (Å²) < 4.78 is 31.3. The van der Waals surface area contributed by atoms with E-state index in [1.165, 1.54) is 4.31 Å². The fourth-order valence-electron chi connectivity index (χ4n) is 3.78. The third-order valence-corrected chi connectivity index (χ3v) is 6.57. The molecule has 0 saturated carbocycles. The lowest BCUT2D eigenvalue weighted by Crippen LogP contribution is -2.43. The Morgan fingerprint density at radius 1 is 1.22 bits per heavy atom.